The normalized spacial score (nSPS) is 21.9. The molecule has 0 aliphatic heterocycles. The Morgan fingerprint density at radius 2 is 1.36 bits per heavy atom. The van der Waals surface area contributed by atoms with Gasteiger partial charge in [-0.05, 0) is 38.8 Å². The molecule has 0 saturated carbocycles. The van der Waals surface area contributed by atoms with E-state index in [-0.39, 0.29) is 17.3 Å². The number of hydrogen-bond donors (Lipinski definition) is 2. The predicted molar refractivity (Wildman–Crippen MR) is 113 cm³/mol. The van der Waals surface area contributed by atoms with Crippen molar-refractivity contribution >= 4 is 12.6 Å². The zero-order valence-corrected chi connectivity index (χ0v) is 15.3. The van der Waals surface area contributed by atoms with Crippen molar-refractivity contribution in [2.45, 2.75) is 11.3 Å². The van der Waals surface area contributed by atoms with Gasteiger partial charge in [0.05, 0.1) is 5.41 Å². The van der Waals surface area contributed by atoms with Gasteiger partial charge in [0, 0.05) is 11.8 Å². The molecule has 2 N–H and O–H groups in total. The Morgan fingerprint density at radius 1 is 0.714 bits per heavy atom. The van der Waals surface area contributed by atoms with Crippen molar-refractivity contribution in [2.75, 3.05) is 0 Å². The first-order valence-corrected chi connectivity index (χ1v) is 9.78. The molecule has 2 nitrogen and oxygen atoms in total. The molecule has 3 aromatic rings. The number of benzene rings is 3. The molecule has 0 fully saturated rings. The standard InChI is InChI=1S/C25H19BO2/c27-26(28)16-13-14-20-19-9-3-6-12-23(19)25(24(20)15-16)21-10-4-1-7-17(21)18-8-2-5-11-22(18)25/h1-15,19,23,27-28H. The molecule has 6 rings (SSSR count). The molecule has 3 heteroatoms. The highest BCUT2D eigenvalue weighted by molar-refractivity contribution is 6.58. The second kappa shape index (κ2) is 5.57. The SMILES string of the molecule is OB(O)c1ccc2c(c1)C1(c3ccccc3-c3ccccc31)C1C=CC=CC21. The van der Waals surface area contributed by atoms with Crippen molar-refractivity contribution in [3.05, 3.63) is 113 Å². The van der Waals surface area contributed by atoms with E-state index in [0.717, 1.165) is 0 Å². The lowest BCUT2D eigenvalue weighted by Crippen LogP contribution is -2.35. The average Bonchev–Trinajstić information content (AvgIpc) is 3.21. The van der Waals surface area contributed by atoms with Gasteiger partial charge in [0.25, 0.3) is 0 Å². The number of allylic oxidation sites excluding steroid dienone is 4. The van der Waals surface area contributed by atoms with Gasteiger partial charge in [-0.3, -0.25) is 0 Å². The van der Waals surface area contributed by atoms with Crippen LogP contribution in [0.5, 0.6) is 0 Å². The summed E-state index contributed by atoms with van der Waals surface area (Å²) >= 11 is 0. The quantitative estimate of drug-likeness (QED) is 0.651. The van der Waals surface area contributed by atoms with Crippen molar-refractivity contribution in [3.8, 4) is 11.1 Å². The Balaban J connectivity index is 1.77. The Kier molecular flexibility index (Phi) is 3.21. The first-order valence-electron chi connectivity index (χ1n) is 9.78. The summed E-state index contributed by atoms with van der Waals surface area (Å²) < 4.78 is 0. The van der Waals surface area contributed by atoms with E-state index >= 15 is 0 Å². The van der Waals surface area contributed by atoms with E-state index in [2.05, 4.69) is 78.9 Å². The fraction of sp³-hybridized carbons (Fsp3) is 0.120. The van der Waals surface area contributed by atoms with Crippen molar-refractivity contribution in [2.24, 2.45) is 5.92 Å². The van der Waals surface area contributed by atoms with Gasteiger partial charge in [-0.2, -0.15) is 0 Å². The Hall–Kier alpha value is -2.88. The summed E-state index contributed by atoms with van der Waals surface area (Å²) in [5, 5.41) is 19.7. The molecule has 1 spiro atoms. The average molecular weight is 362 g/mol. The highest BCUT2D eigenvalue weighted by Crippen LogP contribution is 2.64. The smallest absolute Gasteiger partial charge is 0.423 e. The van der Waals surface area contributed by atoms with Crippen molar-refractivity contribution in [1.82, 2.24) is 0 Å². The van der Waals surface area contributed by atoms with Gasteiger partial charge in [0.15, 0.2) is 0 Å². The van der Waals surface area contributed by atoms with E-state index < -0.39 is 7.12 Å². The highest BCUT2D eigenvalue weighted by atomic mass is 16.4. The lowest BCUT2D eigenvalue weighted by Gasteiger charge is -2.36. The van der Waals surface area contributed by atoms with E-state index in [1.54, 1.807) is 0 Å². The molecule has 0 heterocycles. The summed E-state index contributed by atoms with van der Waals surface area (Å²) in [6, 6.07) is 23.3. The van der Waals surface area contributed by atoms with Gasteiger partial charge in [-0.15, -0.1) is 0 Å². The maximum atomic E-state index is 9.86. The van der Waals surface area contributed by atoms with Crippen molar-refractivity contribution < 1.29 is 10.0 Å². The largest absolute Gasteiger partial charge is 0.488 e. The molecule has 3 aromatic carbocycles. The van der Waals surface area contributed by atoms with Gasteiger partial charge in [0.1, 0.15) is 0 Å². The van der Waals surface area contributed by atoms with Crippen LogP contribution in [0.3, 0.4) is 0 Å². The molecule has 2 atom stereocenters. The lowest BCUT2D eigenvalue weighted by atomic mass is 9.65. The summed E-state index contributed by atoms with van der Waals surface area (Å²) in [6.45, 7) is 0. The van der Waals surface area contributed by atoms with Gasteiger partial charge < -0.3 is 10.0 Å². The van der Waals surface area contributed by atoms with Crippen LogP contribution in [0, 0.1) is 5.92 Å². The maximum absolute atomic E-state index is 9.86. The molecule has 3 aliphatic rings. The third-order valence-corrected chi connectivity index (χ3v) is 6.79. The van der Waals surface area contributed by atoms with Crippen LogP contribution in [0.2, 0.25) is 0 Å². The van der Waals surface area contributed by atoms with Crippen LogP contribution in [0.4, 0.5) is 0 Å². The molecular weight excluding hydrogens is 343 g/mol. The summed E-state index contributed by atoms with van der Waals surface area (Å²) in [4.78, 5) is 0. The van der Waals surface area contributed by atoms with E-state index in [1.807, 2.05) is 12.1 Å². The highest BCUT2D eigenvalue weighted by Gasteiger charge is 2.56. The molecule has 0 bridgehead atoms. The van der Waals surface area contributed by atoms with Gasteiger partial charge in [-0.1, -0.05) is 91.0 Å². The van der Waals surface area contributed by atoms with Crippen LogP contribution in [-0.4, -0.2) is 17.2 Å². The van der Waals surface area contributed by atoms with Crippen LogP contribution in [0.1, 0.15) is 28.2 Å². The summed E-state index contributed by atoms with van der Waals surface area (Å²) in [5.41, 5.74) is 7.91. The third-order valence-electron chi connectivity index (χ3n) is 6.79. The maximum Gasteiger partial charge on any atom is 0.488 e. The van der Waals surface area contributed by atoms with Crippen LogP contribution >= 0.6 is 0 Å². The van der Waals surface area contributed by atoms with E-state index in [4.69, 9.17) is 0 Å². The molecule has 134 valence electrons. The Bertz CT molecular complexity index is 1130. The molecule has 0 saturated heterocycles. The van der Waals surface area contributed by atoms with Gasteiger partial charge in [0.2, 0.25) is 0 Å². The predicted octanol–water partition coefficient (Wildman–Crippen LogP) is 3.52. The van der Waals surface area contributed by atoms with Crippen LogP contribution in [0.25, 0.3) is 11.1 Å². The first kappa shape index (κ1) is 16.1. The topological polar surface area (TPSA) is 40.5 Å². The van der Waals surface area contributed by atoms with Crippen molar-refractivity contribution in [1.29, 1.82) is 0 Å². The summed E-state index contributed by atoms with van der Waals surface area (Å²) in [5.74, 6) is 0.549. The lowest BCUT2D eigenvalue weighted by molar-refractivity contribution is 0.425. The van der Waals surface area contributed by atoms with Gasteiger partial charge >= 0.3 is 7.12 Å². The zero-order chi connectivity index (χ0) is 18.9. The monoisotopic (exact) mass is 362 g/mol. The van der Waals surface area contributed by atoms with Crippen LogP contribution in [0.15, 0.2) is 91.0 Å². The molecule has 0 aromatic heterocycles. The third kappa shape index (κ3) is 1.81. The van der Waals surface area contributed by atoms with E-state index in [0.29, 0.717) is 5.46 Å². The molecule has 3 aliphatic carbocycles. The van der Waals surface area contributed by atoms with E-state index in [1.165, 1.54) is 33.4 Å². The molecular formula is C25H19BO2. The zero-order valence-electron chi connectivity index (χ0n) is 15.3. The summed E-state index contributed by atoms with van der Waals surface area (Å²) in [6.07, 6.45) is 8.90. The number of hydrogen-bond acceptors (Lipinski definition) is 2. The van der Waals surface area contributed by atoms with Crippen LogP contribution in [-0.2, 0) is 5.41 Å². The molecule has 2 unspecified atom stereocenters. The second-order valence-electron chi connectivity index (χ2n) is 7.94. The minimum Gasteiger partial charge on any atom is -0.423 e. The summed E-state index contributed by atoms with van der Waals surface area (Å²) in [7, 11) is -1.47. The second-order valence-corrected chi connectivity index (χ2v) is 7.94. The fourth-order valence-electron chi connectivity index (χ4n) is 5.78. The first-order chi connectivity index (χ1) is 13.7. The minimum absolute atomic E-state index is 0.267. The Labute approximate surface area is 164 Å². The Morgan fingerprint density at radius 3 is 2.04 bits per heavy atom. The van der Waals surface area contributed by atoms with E-state index in [9.17, 15) is 10.0 Å². The molecule has 0 amide bonds. The van der Waals surface area contributed by atoms with Crippen molar-refractivity contribution in [3.63, 3.8) is 0 Å². The molecule has 0 radical (unpaired) electrons. The number of fused-ring (bicyclic) bond motifs is 10. The fourth-order valence-corrected chi connectivity index (χ4v) is 5.78. The number of rotatable bonds is 1. The van der Waals surface area contributed by atoms with Crippen LogP contribution < -0.4 is 5.46 Å². The molecule has 28 heavy (non-hydrogen) atoms. The van der Waals surface area contributed by atoms with Gasteiger partial charge in [-0.25, -0.2) is 0 Å². The minimum atomic E-state index is -1.47.